The summed E-state index contributed by atoms with van der Waals surface area (Å²) in [7, 11) is -0.556. The van der Waals surface area contributed by atoms with Crippen molar-refractivity contribution in [2.45, 2.75) is 18.9 Å². The van der Waals surface area contributed by atoms with Gasteiger partial charge in [-0.2, -0.15) is 0 Å². The first-order valence-electron chi connectivity index (χ1n) is 3.98. The van der Waals surface area contributed by atoms with Crippen molar-refractivity contribution in [2.75, 3.05) is 0 Å². The second-order valence-corrected chi connectivity index (χ2v) is 5.62. The topological polar surface area (TPSA) is 65.7 Å². The minimum Gasteiger partial charge on any atom is -0.301 e. The van der Waals surface area contributed by atoms with E-state index in [4.69, 9.17) is 11.2 Å². The van der Waals surface area contributed by atoms with Crippen LogP contribution in [0.3, 0.4) is 0 Å². The number of hydrogen-bond acceptors (Lipinski definition) is 3. The Bertz CT molecular complexity index is 580. The first-order chi connectivity index (χ1) is 6.52. The van der Waals surface area contributed by atoms with Crippen LogP contribution in [0.25, 0.3) is 5.57 Å². The van der Waals surface area contributed by atoms with Gasteiger partial charge in [-0.3, -0.25) is 9.78 Å². The van der Waals surface area contributed by atoms with E-state index in [0.29, 0.717) is 10.6 Å². The number of nitrogens with one attached hydrogen (secondary N) is 2. The van der Waals surface area contributed by atoms with E-state index < -0.39 is 15.1 Å². The Morgan fingerprint density at radius 1 is 1.21 bits per heavy atom. The summed E-state index contributed by atoms with van der Waals surface area (Å²) in [4.78, 5) is 28.3. The number of rotatable bonds is 0. The first kappa shape index (κ1) is 9.54. The van der Waals surface area contributed by atoms with Crippen molar-refractivity contribution in [3.8, 4) is 0 Å². The van der Waals surface area contributed by atoms with Crippen molar-refractivity contribution >= 4 is 26.2 Å². The van der Waals surface area contributed by atoms with Gasteiger partial charge in [0.05, 0.1) is 10.6 Å². The second kappa shape index (κ2) is 2.99. The van der Waals surface area contributed by atoms with Gasteiger partial charge in [-0.05, 0) is 45.0 Å². The van der Waals surface area contributed by atoms with Gasteiger partial charge >= 0.3 is 5.69 Å². The Balaban J connectivity index is 2.94. The average molecular weight is 228 g/mol. The molecule has 1 aliphatic heterocycles. The zero-order valence-electron chi connectivity index (χ0n) is 7.63. The molecule has 0 aliphatic carbocycles. The molecule has 1 aromatic rings. The highest BCUT2D eigenvalue weighted by atomic mass is 32.8. The molecule has 0 saturated carbocycles. The van der Waals surface area contributed by atoms with E-state index in [9.17, 15) is 9.59 Å². The van der Waals surface area contributed by atoms with Gasteiger partial charge in [0.25, 0.3) is 5.56 Å². The van der Waals surface area contributed by atoms with Gasteiger partial charge < -0.3 is 4.98 Å². The summed E-state index contributed by atoms with van der Waals surface area (Å²) in [6.45, 7) is 3.74. The Labute approximate surface area is 86.7 Å². The van der Waals surface area contributed by atoms with Crippen molar-refractivity contribution in [1.82, 2.24) is 9.97 Å². The molecule has 6 heteroatoms. The molecule has 1 aromatic heterocycles. The van der Waals surface area contributed by atoms with E-state index in [1.807, 2.05) is 13.8 Å². The number of aromatic nitrogens is 2. The Kier molecular flexibility index (Phi) is 2.04. The summed E-state index contributed by atoms with van der Waals surface area (Å²) < 4.78 is 0. The maximum atomic E-state index is 11.5. The second-order valence-electron chi connectivity index (χ2n) is 3.06. The number of fused-ring (bicyclic) bond motifs is 1. The fourth-order valence-electron chi connectivity index (χ4n) is 1.41. The Hall–Kier alpha value is -1.01. The minimum absolute atomic E-state index is 0.347. The third-order valence-corrected chi connectivity index (χ3v) is 5.06. The lowest BCUT2D eigenvalue weighted by molar-refractivity contribution is 0.940. The molecule has 1 aliphatic rings. The molecular formula is C8H8N2O2S2. The number of H-pyrrole nitrogens is 2. The van der Waals surface area contributed by atoms with Crippen LogP contribution in [0, 0.1) is 0 Å². The normalized spacial score (nSPS) is 20.0. The third kappa shape index (κ3) is 1.14. The average Bonchev–Trinajstić information content (AvgIpc) is 2.31. The summed E-state index contributed by atoms with van der Waals surface area (Å²) in [6.07, 6.45) is 0. The van der Waals surface area contributed by atoms with Crippen LogP contribution < -0.4 is 11.2 Å². The highest BCUT2D eigenvalue weighted by Crippen LogP contribution is 2.31. The fourth-order valence-corrected chi connectivity index (χ4v) is 3.47. The number of hydrogen-bond donors (Lipinski definition) is 2. The number of allylic oxidation sites excluding steroid dienone is 2. The van der Waals surface area contributed by atoms with Crippen molar-refractivity contribution in [3.05, 3.63) is 31.3 Å². The molecule has 0 saturated heterocycles. The van der Waals surface area contributed by atoms with Gasteiger partial charge in [-0.15, -0.1) is 0 Å². The lowest BCUT2D eigenvalue weighted by atomic mass is 10.1. The standard InChI is InChI=1S/C8H8N2O2S2/c1-3-4(2)14(13)7-5(3)6(11)9-8(12)10-7/h1-2H3,(H2,9,10,11,12). The molecule has 0 aromatic carbocycles. The highest BCUT2D eigenvalue weighted by molar-refractivity contribution is 8.31. The lowest BCUT2D eigenvalue weighted by Crippen LogP contribution is -2.25. The molecule has 1 unspecified atom stereocenters. The predicted molar refractivity (Wildman–Crippen MR) is 58.9 cm³/mol. The summed E-state index contributed by atoms with van der Waals surface area (Å²) in [5.41, 5.74) is 0.593. The molecule has 0 bridgehead atoms. The maximum absolute atomic E-state index is 11.5. The quantitative estimate of drug-likeness (QED) is 0.626. The van der Waals surface area contributed by atoms with E-state index in [2.05, 4.69) is 9.97 Å². The van der Waals surface area contributed by atoms with Crippen LogP contribution in [0.5, 0.6) is 0 Å². The smallest absolute Gasteiger partial charge is 0.301 e. The molecule has 74 valence electrons. The van der Waals surface area contributed by atoms with Crippen LogP contribution in [0.4, 0.5) is 0 Å². The van der Waals surface area contributed by atoms with E-state index in [-0.39, 0.29) is 5.56 Å². The summed E-state index contributed by atoms with van der Waals surface area (Å²) >= 11 is 5.22. The van der Waals surface area contributed by atoms with Crippen LogP contribution >= 0.6 is 0 Å². The van der Waals surface area contributed by atoms with Crippen LogP contribution in [-0.2, 0) is 20.6 Å². The predicted octanol–water partition coefficient (Wildman–Crippen LogP) is 0.267. The SMILES string of the molecule is CC1=C(C)S(=S)c2[nH]c(=O)[nH]c(=O)c21. The lowest BCUT2D eigenvalue weighted by Gasteiger charge is -1.97. The fraction of sp³-hybridized carbons (Fsp3) is 0.250. The van der Waals surface area contributed by atoms with E-state index in [0.717, 1.165) is 10.5 Å². The first-order valence-corrected chi connectivity index (χ1v) is 6.13. The van der Waals surface area contributed by atoms with Gasteiger partial charge in [0.1, 0.15) is 0 Å². The van der Waals surface area contributed by atoms with Gasteiger partial charge in [0.15, 0.2) is 0 Å². The summed E-state index contributed by atoms with van der Waals surface area (Å²) in [5, 5.41) is 0.587. The molecule has 2 heterocycles. The van der Waals surface area contributed by atoms with Crippen molar-refractivity contribution in [2.24, 2.45) is 0 Å². The van der Waals surface area contributed by atoms with Crippen molar-refractivity contribution in [1.29, 1.82) is 0 Å². The molecule has 4 nitrogen and oxygen atoms in total. The summed E-state index contributed by atoms with van der Waals surface area (Å²) in [5.74, 6) is 0. The minimum atomic E-state index is -0.556. The van der Waals surface area contributed by atoms with Crippen LogP contribution in [0.15, 0.2) is 19.5 Å². The van der Waals surface area contributed by atoms with E-state index in [1.165, 1.54) is 0 Å². The largest absolute Gasteiger partial charge is 0.326 e. The molecule has 0 amide bonds. The zero-order valence-corrected chi connectivity index (χ0v) is 9.27. The van der Waals surface area contributed by atoms with Gasteiger partial charge in [-0.25, -0.2) is 4.79 Å². The molecule has 14 heavy (non-hydrogen) atoms. The molecule has 0 radical (unpaired) electrons. The highest BCUT2D eigenvalue weighted by Gasteiger charge is 2.23. The van der Waals surface area contributed by atoms with E-state index >= 15 is 0 Å². The maximum Gasteiger partial charge on any atom is 0.326 e. The van der Waals surface area contributed by atoms with Crippen molar-refractivity contribution in [3.63, 3.8) is 0 Å². The molecule has 2 N–H and O–H groups in total. The van der Waals surface area contributed by atoms with Gasteiger partial charge in [-0.1, -0.05) is 0 Å². The van der Waals surface area contributed by atoms with Gasteiger partial charge in [0.2, 0.25) is 0 Å². The zero-order chi connectivity index (χ0) is 10.5. The van der Waals surface area contributed by atoms with Crippen LogP contribution in [-0.4, -0.2) is 9.97 Å². The Morgan fingerprint density at radius 2 is 1.86 bits per heavy atom. The monoisotopic (exact) mass is 228 g/mol. The molecule has 0 spiro atoms. The molecule has 0 fully saturated rings. The Morgan fingerprint density at radius 3 is 2.50 bits per heavy atom. The molecule has 2 rings (SSSR count). The van der Waals surface area contributed by atoms with Crippen LogP contribution in [0.2, 0.25) is 0 Å². The molecular weight excluding hydrogens is 220 g/mol. The number of aromatic amines is 2. The van der Waals surface area contributed by atoms with E-state index in [1.54, 1.807) is 0 Å². The third-order valence-electron chi connectivity index (χ3n) is 2.27. The molecule has 1 atom stereocenters. The van der Waals surface area contributed by atoms with Crippen LogP contribution in [0.1, 0.15) is 19.4 Å². The van der Waals surface area contributed by atoms with Crippen molar-refractivity contribution < 1.29 is 0 Å². The van der Waals surface area contributed by atoms with Gasteiger partial charge in [0, 0.05) is 0 Å². The summed E-state index contributed by atoms with van der Waals surface area (Å²) in [6, 6.07) is 0.